The van der Waals surface area contributed by atoms with Crippen LogP contribution in [0, 0.1) is 5.92 Å². The topological polar surface area (TPSA) is 34.2 Å². The maximum Gasteiger partial charge on any atom is 0.237 e. The highest BCUT2D eigenvalue weighted by Crippen LogP contribution is 2.23. The zero-order chi connectivity index (χ0) is 12.0. The summed E-state index contributed by atoms with van der Waals surface area (Å²) in [7, 11) is 1.63. The van der Waals surface area contributed by atoms with E-state index in [1.807, 2.05) is 18.2 Å². The largest absolute Gasteiger partial charge is 0.480 e. The Hall–Kier alpha value is -1.51. The van der Waals surface area contributed by atoms with Crippen molar-refractivity contribution in [2.75, 3.05) is 12.4 Å². The smallest absolute Gasteiger partial charge is 0.237 e. The fourth-order valence-corrected chi connectivity index (χ4v) is 1.52. The van der Waals surface area contributed by atoms with E-state index in [4.69, 9.17) is 4.74 Å². The first-order valence-corrected chi connectivity index (χ1v) is 5.55. The van der Waals surface area contributed by atoms with Gasteiger partial charge in [-0.05, 0) is 31.4 Å². The van der Waals surface area contributed by atoms with Crippen molar-refractivity contribution >= 4 is 5.69 Å². The Morgan fingerprint density at radius 1 is 1.56 bits per heavy atom. The van der Waals surface area contributed by atoms with Crippen LogP contribution in [0.4, 0.5) is 5.69 Å². The molecular weight excluding hydrogens is 200 g/mol. The van der Waals surface area contributed by atoms with Crippen LogP contribution in [0.5, 0.6) is 5.88 Å². The average molecular weight is 220 g/mol. The highest BCUT2D eigenvalue weighted by Gasteiger charge is 2.12. The number of methoxy groups -OCH3 is 1. The summed E-state index contributed by atoms with van der Waals surface area (Å²) in [5, 5.41) is 3.41. The molecule has 16 heavy (non-hydrogen) atoms. The minimum absolute atomic E-state index is 0.357. The van der Waals surface area contributed by atoms with Gasteiger partial charge >= 0.3 is 0 Å². The summed E-state index contributed by atoms with van der Waals surface area (Å²) < 4.78 is 5.19. The van der Waals surface area contributed by atoms with E-state index in [9.17, 15) is 0 Å². The number of anilines is 1. The van der Waals surface area contributed by atoms with Crippen LogP contribution in [0.2, 0.25) is 0 Å². The van der Waals surface area contributed by atoms with Gasteiger partial charge in [-0.3, -0.25) is 0 Å². The summed E-state index contributed by atoms with van der Waals surface area (Å²) >= 11 is 0. The number of nitrogens with one attached hydrogen (secondary N) is 1. The van der Waals surface area contributed by atoms with E-state index < -0.39 is 0 Å². The minimum atomic E-state index is 0.357. The quantitative estimate of drug-likeness (QED) is 0.748. The molecule has 2 atom stereocenters. The van der Waals surface area contributed by atoms with Crippen LogP contribution in [-0.4, -0.2) is 18.1 Å². The van der Waals surface area contributed by atoms with Gasteiger partial charge in [-0.15, -0.1) is 6.58 Å². The minimum Gasteiger partial charge on any atom is -0.480 e. The predicted octanol–water partition coefficient (Wildman–Crippen LogP) is 3.10. The third-order valence-corrected chi connectivity index (χ3v) is 2.74. The predicted molar refractivity (Wildman–Crippen MR) is 67.9 cm³/mol. The van der Waals surface area contributed by atoms with Crippen LogP contribution in [-0.2, 0) is 0 Å². The van der Waals surface area contributed by atoms with Gasteiger partial charge in [0.25, 0.3) is 0 Å². The van der Waals surface area contributed by atoms with Crippen molar-refractivity contribution in [3.8, 4) is 5.88 Å². The first-order chi connectivity index (χ1) is 7.69. The molecule has 0 aliphatic heterocycles. The molecule has 2 unspecified atom stereocenters. The molecule has 1 rings (SSSR count). The summed E-state index contributed by atoms with van der Waals surface area (Å²) in [6.07, 6.45) is 4.67. The molecule has 0 radical (unpaired) electrons. The van der Waals surface area contributed by atoms with Crippen molar-refractivity contribution in [1.82, 2.24) is 4.98 Å². The van der Waals surface area contributed by atoms with Crippen molar-refractivity contribution in [3.05, 3.63) is 31.0 Å². The van der Waals surface area contributed by atoms with Gasteiger partial charge in [0.15, 0.2) is 0 Å². The lowest BCUT2D eigenvalue weighted by Gasteiger charge is -2.21. The van der Waals surface area contributed by atoms with E-state index in [0.29, 0.717) is 17.8 Å². The van der Waals surface area contributed by atoms with Crippen LogP contribution < -0.4 is 10.1 Å². The Kier molecular flexibility index (Phi) is 4.83. The van der Waals surface area contributed by atoms with Crippen LogP contribution in [0.25, 0.3) is 0 Å². The Bertz CT molecular complexity index is 338. The molecule has 0 aromatic carbocycles. The summed E-state index contributed by atoms with van der Waals surface area (Å²) in [4.78, 5) is 4.15. The van der Waals surface area contributed by atoms with Gasteiger partial charge in [0.2, 0.25) is 5.88 Å². The van der Waals surface area contributed by atoms with Crippen molar-refractivity contribution in [1.29, 1.82) is 0 Å². The molecule has 0 aliphatic rings. The van der Waals surface area contributed by atoms with Gasteiger partial charge < -0.3 is 10.1 Å². The van der Waals surface area contributed by atoms with Gasteiger partial charge in [0, 0.05) is 12.2 Å². The number of rotatable bonds is 6. The second-order valence-corrected chi connectivity index (χ2v) is 3.99. The zero-order valence-electron chi connectivity index (χ0n) is 10.2. The molecule has 1 N–H and O–H groups in total. The van der Waals surface area contributed by atoms with Gasteiger partial charge in [-0.25, -0.2) is 4.98 Å². The van der Waals surface area contributed by atoms with Gasteiger partial charge in [-0.1, -0.05) is 13.0 Å². The first kappa shape index (κ1) is 12.6. The molecule has 88 valence electrons. The van der Waals surface area contributed by atoms with Crippen LogP contribution in [0.1, 0.15) is 20.3 Å². The zero-order valence-corrected chi connectivity index (χ0v) is 10.2. The Morgan fingerprint density at radius 3 is 2.94 bits per heavy atom. The monoisotopic (exact) mass is 220 g/mol. The Morgan fingerprint density at radius 2 is 2.31 bits per heavy atom. The third kappa shape index (κ3) is 3.26. The number of nitrogens with zero attached hydrogens (tertiary/aromatic N) is 1. The molecule has 0 spiro atoms. The highest BCUT2D eigenvalue weighted by molar-refractivity contribution is 5.52. The van der Waals surface area contributed by atoms with E-state index >= 15 is 0 Å². The van der Waals surface area contributed by atoms with E-state index in [0.717, 1.165) is 12.1 Å². The molecule has 0 saturated carbocycles. The molecule has 3 heteroatoms. The molecule has 0 saturated heterocycles. The Balaban J connectivity index is 2.68. The van der Waals surface area contributed by atoms with Gasteiger partial charge in [0.05, 0.1) is 12.8 Å². The van der Waals surface area contributed by atoms with E-state index in [1.54, 1.807) is 13.3 Å². The molecule has 1 aromatic heterocycles. The summed E-state index contributed by atoms with van der Waals surface area (Å²) in [6.45, 7) is 8.11. The summed E-state index contributed by atoms with van der Waals surface area (Å²) in [5.74, 6) is 1.17. The molecule has 0 bridgehead atoms. The van der Waals surface area contributed by atoms with Crippen molar-refractivity contribution < 1.29 is 4.74 Å². The lowest BCUT2D eigenvalue weighted by atomic mass is 10.00. The van der Waals surface area contributed by atoms with E-state index in [1.165, 1.54) is 0 Å². The van der Waals surface area contributed by atoms with Crippen LogP contribution in [0.3, 0.4) is 0 Å². The molecule has 1 aromatic rings. The summed E-state index contributed by atoms with van der Waals surface area (Å²) in [5.41, 5.74) is 0.938. The number of allylic oxidation sites excluding steroid dienone is 1. The third-order valence-electron chi connectivity index (χ3n) is 2.74. The van der Waals surface area contributed by atoms with E-state index in [-0.39, 0.29) is 0 Å². The molecule has 0 aliphatic carbocycles. The summed E-state index contributed by atoms with van der Waals surface area (Å²) in [6, 6.07) is 4.23. The number of ether oxygens (including phenoxy) is 1. The highest BCUT2D eigenvalue weighted by atomic mass is 16.5. The second-order valence-electron chi connectivity index (χ2n) is 3.99. The maximum absolute atomic E-state index is 5.19. The van der Waals surface area contributed by atoms with Gasteiger partial charge in [0.1, 0.15) is 0 Å². The SMILES string of the molecule is C=CCC(C)C(C)Nc1cccnc1OC. The molecule has 0 fully saturated rings. The molecule has 1 heterocycles. The van der Waals surface area contributed by atoms with Crippen molar-refractivity contribution in [2.45, 2.75) is 26.3 Å². The van der Waals surface area contributed by atoms with Crippen molar-refractivity contribution in [3.63, 3.8) is 0 Å². The standard InChI is InChI=1S/C13H20N2O/c1-5-7-10(2)11(3)15-12-8-6-9-14-13(12)16-4/h5-6,8-11,15H,1,7H2,2-4H3. The average Bonchev–Trinajstić information content (AvgIpc) is 2.30. The van der Waals surface area contributed by atoms with Crippen LogP contribution >= 0.6 is 0 Å². The maximum atomic E-state index is 5.19. The number of hydrogen-bond donors (Lipinski definition) is 1. The van der Waals surface area contributed by atoms with E-state index in [2.05, 4.69) is 30.7 Å². The number of pyridine rings is 1. The molecule has 0 amide bonds. The second kappa shape index (κ2) is 6.16. The number of hydrogen-bond acceptors (Lipinski definition) is 3. The lowest BCUT2D eigenvalue weighted by molar-refractivity contribution is 0.398. The van der Waals surface area contributed by atoms with Crippen LogP contribution in [0.15, 0.2) is 31.0 Å². The fraction of sp³-hybridized carbons (Fsp3) is 0.462. The lowest BCUT2D eigenvalue weighted by Crippen LogP contribution is -2.23. The molecule has 3 nitrogen and oxygen atoms in total. The normalized spacial score (nSPS) is 13.9. The molecular formula is C13H20N2O. The van der Waals surface area contributed by atoms with Crippen molar-refractivity contribution in [2.24, 2.45) is 5.92 Å². The Labute approximate surface area is 97.5 Å². The first-order valence-electron chi connectivity index (χ1n) is 5.55. The number of aromatic nitrogens is 1. The van der Waals surface area contributed by atoms with Gasteiger partial charge in [-0.2, -0.15) is 0 Å². The fourth-order valence-electron chi connectivity index (χ4n) is 1.52.